The molecule has 3 saturated carbocycles. The van der Waals surface area contributed by atoms with Crippen LogP contribution in [0, 0.1) is 46.3 Å². The van der Waals surface area contributed by atoms with Gasteiger partial charge in [-0.05, 0) is 136 Å². The summed E-state index contributed by atoms with van der Waals surface area (Å²) in [5.74, 6) is 4.98. The van der Waals surface area contributed by atoms with Crippen molar-refractivity contribution < 1.29 is 18.4 Å². The number of carbonyl (C=O) groups excluding carboxylic acids is 1. The summed E-state index contributed by atoms with van der Waals surface area (Å²) in [5.41, 5.74) is 0.657. The number of methoxy groups -OCH3 is 1. The molecule has 0 amide bonds. The summed E-state index contributed by atoms with van der Waals surface area (Å²) < 4.78 is 19.1. The lowest BCUT2D eigenvalue weighted by atomic mass is 9.46. The maximum atomic E-state index is 11.9. The van der Waals surface area contributed by atoms with Gasteiger partial charge in [0.05, 0.1) is 12.9 Å². The van der Waals surface area contributed by atoms with Crippen LogP contribution in [0.3, 0.4) is 0 Å². The molecule has 0 unspecified atom stereocenters. The highest BCUT2D eigenvalue weighted by Gasteiger charge is 2.62. The van der Waals surface area contributed by atoms with Crippen molar-refractivity contribution in [3.63, 3.8) is 0 Å². The van der Waals surface area contributed by atoms with E-state index in [4.69, 9.17) is 13.6 Å². The van der Waals surface area contributed by atoms with Crippen LogP contribution in [-0.2, 0) is 18.4 Å². The van der Waals surface area contributed by atoms with Gasteiger partial charge in [-0.25, -0.2) is 0 Å². The molecule has 4 aliphatic rings. The van der Waals surface area contributed by atoms with Gasteiger partial charge in [-0.2, -0.15) is 0 Å². The lowest BCUT2D eigenvalue weighted by Crippen LogP contribution is -2.55. The fraction of sp³-hybridized carbons (Fsp3) is 0.912. The van der Waals surface area contributed by atoms with E-state index >= 15 is 0 Å². The predicted molar refractivity (Wildman–Crippen MR) is 171 cm³/mol. The van der Waals surface area contributed by atoms with E-state index in [-0.39, 0.29) is 11.0 Å². The zero-order valence-electron chi connectivity index (χ0n) is 28.1. The number of ether oxygens (including phenoxy) is 1. The minimum atomic E-state index is -1.80. The second kappa shape index (κ2) is 11.2. The topological polar surface area (TPSA) is 44.8 Å². The third kappa shape index (κ3) is 6.07. The van der Waals surface area contributed by atoms with Gasteiger partial charge in [0.1, 0.15) is 0 Å². The number of allylic oxidation sites excluding steroid dienone is 2. The first-order valence-electron chi connectivity index (χ1n) is 16.5. The van der Waals surface area contributed by atoms with E-state index in [9.17, 15) is 4.79 Å². The Balaban J connectivity index is 1.62. The molecule has 0 heterocycles. The Bertz CT molecular complexity index is 962. The number of rotatable bonds is 8. The fourth-order valence-electron chi connectivity index (χ4n) is 9.41. The van der Waals surface area contributed by atoms with Gasteiger partial charge in [-0.15, -0.1) is 0 Å². The Morgan fingerprint density at radius 1 is 1.00 bits per heavy atom. The van der Waals surface area contributed by atoms with Gasteiger partial charge < -0.3 is 13.6 Å². The number of esters is 1. The molecule has 0 aliphatic heterocycles. The van der Waals surface area contributed by atoms with E-state index in [1.165, 1.54) is 51.4 Å². The standard InChI is InChI=1S/C34H62O4Si2/c1-23(13-16-30(35)36-7)26-14-15-27-31-28(18-20-34(26,27)6)33(5)19-17-25(37-40(11,12)32(2,3)4)21-24(33)22-29(31)38-39(8,9)10/h22-28,31H,13-21H2,1-12H3/t23-,24+,25-,26-,27+,28+,31+,33+,34-/m1/s1. The SMILES string of the molecule is COC(=O)CC[C@@H](C)[C@H]1CC[C@H]2[C@@H]3C(O[Si](C)(C)C)=C[C@@H]4C[C@H](O[Si](C)(C)C(C)(C)C)CC[C@]4(C)[C@H]3CC[C@]12C. The number of hydrogen-bond donors (Lipinski definition) is 0. The van der Waals surface area contributed by atoms with Gasteiger partial charge in [0.25, 0.3) is 0 Å². The van der Waals surface area contributed by atoms with Crippen molar-refractivity contribution in [3.05, 3.63) is 11.8 Å². The minimum Gasteiger partial charge on any atom is -0.547 e. The molecule has 230 valence electrons. The molecule has 40 heavy (non-hydrogen) atoms. The average Bonchev–Trinajstić information content (AvgIpc) is 3.18. The summed E-state index contributed by atoms with van der Waals surface area (Å²) in [5, 5.41) is 0.244. The number of fused-ring (bicyclic) bond motifs is 5. The predicted octanol–water partition coefficient (Wildman–Crippen LogP) is 9.58. The lowest BCUT2D eigenvalue weighted by Gasteiger charge is -2.61. The molecule has 3 fully saturated rings. The third-order valence-corrected chi connectivity index (χ3v) is 18.0. The molecular formula is C34H62O4Si2. The van der Waals surface area contributed by atoms with E-state index in [1.807, 2.05) is 0 Å². The summed E-state index contributed by atoms with van der Waals surface area (Å²) in [7, 11) is -2.05. The molecule has 4 aliphatic carbocycles. The van der Waals surface area contributed by atoms with Gasteiger partial charge in [0, 0.05) is 18.4 Å². The van der Waals surface area contributed by atoms with E-state index in [1.54, 1.807) is 0 Å². The van der Waals surface area contributed by atoms with Crippen molar-refractivity contribution in [1.82, 2.24) is 0 Å². The van der Waals surface area contributed by atoms with Gasteiger partial charge >= 0.3 is 5.97 Å². The second-order valence-corrected chi connectivity index (χ2v) is 26.4. The average molecular weight is 591 g/mol. The van der Waals surface area contributed by atoms with Gasteiger partial charge in [0.2, 0.25) is 8.32 Å². The maximum Gasteiger partial charge on any atom is 0.305 e. The Morgan fingerprint density at radius 2 is 1.62 bits per heavy atom. The molecule has 0 aromatic heterocycles. The molecule has 9 atom stereocenters. The molecule has 0 bridgehead atoms. The summed E-state index contributed by atoms with van der Waals surface area (Å²) >= 11 is 0. The van der Waals surface area contributed by atoms with Crippen LogP contribution < -0.4 is 0 Å². The first-order chi connectivity index (χ1) is 18.3. The molecule has 4 nitrogen and oxygen atoms in total. The van der Waals surface area contributed by atoms with Crippen LogP contribution in [0.2, 0.25) is 37.8 Å². The molecule has 0 aromatic rings. The van der Waals surface area contributed by atoms with Crippen molar-refractivity contribution in [3.8, 4) is 0 Å². The molecular weight excluding hydrogens is 529 g/mol. The summed E-state index contributed by atoms with van der Waals surface area (Å²) in [6.45, 7) is 26.6. The lowest BCUT2D eigenvalue weighted by molar-refractivity contribution is -0.141. The van der Waals surface area contributed by atoms with Crippen molar-refractivity contribution in [1.29, 1.82) is 0 Å². The highest BCUT2D eigenvalue weighted by molar-refractivity contribution is 6.74. The molecule has 0 N–H and O–H groups in total. The van der Waals surface area contributed by atoms with Crippen LogP contribution >= 0.6 is 0 Å². The van der Waals surface area contributed by atoms with Crippen LogP contribution in [-0.4, -0.2) is 35.8 Å². The van der Waals surface area contributed by atoms with Gasteiger partial charge in [-0.1, -0.05) is 41.5 Å². The Labute approximate surface area is 249 Å². The zero-order valence-corrected chi connectivity index (χ0v) is 30.1. The summed E-state index contributed by atoms with van der Waals surface area (Å²) in [6.07, 6.45) is 13.3. The highest BCUT2D eigenvalue weighted by Crippen LogP contribution is 2.68. The fourth-order valence-corrected chi connectivity index (χ4v) is 11.7. The van der Waals surface area contributed by atoms with E-state index in [0.29, 0.717) is 58.9 Å². The van der Waals surface area contributed by atoms with Crippen molar-refractivity contribution in [2.75, 3.05) is 7.11 Å². The van der Waals surface area contributed by atoms with Crippen molar-refractivity contribution in [2.24, 2.45) is 46.3 Å². The second-order valence-electron chi connectivity index (χ2n) is 17.2. The third-order valence-electron chi connectivity index (χ3n) is 12.7. The zero-order chi connectivity index (χ0) is 29.9. The highest BCUT2D eigenvalue weighted by atomic mass is 28.4. The van der Waals surface area contributed by atoms with Crippen molar-refractivity contribution >= 4 is 22.6 Å². The maximum absolute atomic E-state index is 11.9. The summed E-state index contributed by atoms with van der Waals surface area (Å²) in [6, 6.07) is 0. The monoisotopic (exact) mass is 590 g/mol. The Kier molecular flexibility index (Phi) is 9.01. The van der Waals surface area contributed by atoms with E-state index < -0.39 is 16.6 Å². The van der Waals surface area contributed by atoms with Crippen LogP contribution in [0.4, 0.5) is 0 Å². The van der Waals surface area contributed by atoms with Crippen LogP contribution in [0.1, 0.15) is 99.3 Å². The molecule has 0 saturated heterocycles. The quantitative estimate of drug-likeness (QED) is 0.209. The largest absolute Gasteiger partial charge is 0.547 e. The first kappa shape index (κ1) is 32.3. The smallest absolute Gasteiger partial charge is 0.305 e. The number of hydrogen-bond acceptors (Lipinski definition) is 4. The number of carbonyl (C=O) groups is 1. The van der Waals surface area contributed by atoms with Crippen LogP contribution in [0.25, 0.3) is 0 Å². The van der Waals surface area contributed by atoms with Crippen LogP contribution in [0.5, 0.6) is 0 Å². The van der Waals surface area contributed by atoms with Crippen LogP contribution in [0.15, 0.2) is 11.8 Å². The molecule has 0 radical (unpaired) electrons. The molecule has 4 rings (SSSR count). The minimum absolute atomic E-state index is 0.0663. The van der Waals surface area contributed by atoms with Gasteiger partial charge in [0.15, 0.2) is 8.32 Å². The Morgan fingerprint density at radius 3 is 2.23 bits per heavy atom. The van der Waals surface area contributed by atoms with Gasteiger partial charge in [-0.3, -0.25) is 4.79 Å². The molecule has 6 heteroatoms. The first-order valence-corrected chi connectivity index (χ1v) is 22.8. The summed E-state index contributed by atoms with van der Waals surface area (Å²) in [4.78, 5) is 11.9. The van der Waals surface area contributed by atoms with E-state index in [0.717, 1.165) is 12.8 Å². The van der Waals surface area contributed by atoms with Crippen molar-refractivity contribution in [2.45, 2.75) is 143 Å². The normalized spacial score (nSPS) is 39.0. The Hall–Kier alpha value is -0.596. The molecule has 0 spiro atoms. The molecule has 0 aromatic carbocycles. The van der Waals surface area contributed by atoms with E-state index in [2.05, 4.69) is 80.4 Å².